The number of piperidine rings is 1. The van der Waals surface area contributed by atoms with Gasteiger partial charge in [-0.3, -0.25) is 4.79 Å². The van der Waals surface area contributed by atoms with Crippen LogP contribution in [-0.2, 0) is 0 Å². The first-order valence-corrected chi connectivity index (χ1v) is 10.6. The van der Waals surface area contributed by atoms with Crippen molar-refractivity contribution in [2.24, 2.45) is 5.92 Å². The van der Waals surface area contributed by atoms with Gasteiger partial charge in [-0.2, -0.15) is 5.10 Å². The Morgan fingerprint density at radius 3 is 2.39 bits per heavy atom. The Bertz CT molecular complexity index is 1230. The van der Waals surface area contributed by atoms with Crippen molar-refractivity contribution in [2.75, 3.05) is 13.1 Å². The molecule has 2 aromatic carbocycles. The highest BCUT2D eigenvalue weighted by molar-refractivity contribution is 5.94. The first-order chi connectivity index (χ1) is 15.1. The van der Waals surface area contributed by atoms with E-state index >= 15 is 0 Å². The first kappa shape index (κ1) is 19.4. The summed E-state index contributed by atoms with van der Waals surface area (Å²) >= 11 is 0. The number of aromatic nitrogens is 3. The van der Waals surface area contributed by atoms with Gasteiger partial charge in [0.25, 0.3) is 5.91 Å². The average Bonchev–Trinajstić information content (AvgIpc) is 3.24. The van der Waals surface area contributed by atoms with Gasteiger partial charge in [-0.25, -0.2) is 13.9 Å². The van der Waals surface area contributed by atoms with Crippen LogP contribution in [-0.4, -0.2) is 38.5 Å². The van der Waals surface area contributed by atoms with E-state index in [0.717, 1.165) is 42.8 Å². The first-order valence-electron chi connectivity index (χ1n) is 10.6. The zero-order chi connectivity index (χ0) is 21.4. The van der Waals surface area contributed by atoms with Gasteiger partial charge in [0.05, 0.1) is 11.4 Å². The number of carbonyl (C=O) groups excluding carboxylic acids is 1. The van der Waals surface area contributed by atoms with E-state index in [1.165, 1.54) is 12.1 Å². The van der Waals surface area contributed by atoms with Crippen LogP contribution in [0.5, 0.6) is 0 Å². The Balaban J connectivity index is 1.63. The van der Waals surface area contributed by atoms with Gasteiger partial charge < -0.3 is 4.90 Å². The molecule has 1 fully saturated rings. The second-order valence-electron chi connectivity index (χ2n) is 8.17. The third-order valence-electron chi connectivity index (χ3n) is 5.93. The highest BCUT2D eigenvalue weighted by Gasteiger charge is 2.24. The van der Waals surface area contributed by atoms with Gasteiger partial charge in [0.1, 0.15) is 11.5 Å². The maximum atomic E-state index is 13.5. The van der Waals surface area contributed by atoms with Crippen LogP contribution in [0.2, 0.25) is 0 Å². The van der Waals surface area contributed by atoms with Crippen LogP contribution in [0.15, 0.2) is 66.7 Å². The van der Waals surface area contributed by atoms with Crippen LogP contribution >= 0.6 is 0 Å². The van der Waals surface area contributed by atoms with Crippen LogP contribution in [0.1, 0.15) is 30.3 Å². The summed E-state index contributed by atoms with van der Waals surface area (Å²) in [4.78, 5) is 19.8. The predicted molar refractivity (Wildman–Crippen MR) is 118 cm³/mol. The summed E-state index contributed by atoms with van der Waals surface area (Å²) in [5.41, 5.74) is 4.21. The van der Waals surface area contributed by atoms with Crippen molar-refractivity contribution < 1.29 is 9.18 Å². The molecule has 0 bridgehead atoms. The molecule has 0 spiro atoms. The predicted octanol–water partition coefficient (Wildman–Crippen LogP) is 5.07. The van der Waals surface area contributed by atoms with E-state index in [1.54, 1.807) is 22.7 Å². The van der Waals surface area contributed by atoms with Crippen molar-refractivity contribution in [2.45, 2.75) is 19.8 Å². The van der Waals surface area contributed by atoms with Crippen molar-refractivity contribution in [1.29, 1.82) is 0 Å². The molecule has 0 radical (unpaired) electrons. The lowest BCUT2D eigenvalue weighted by Crippen LogP contribution is -2.38. The summed E-state index contributed by atoms with van der Waals surface area (Å²) in [6.45, 7) is 3.71. The Kier molecular flexibility index (Phi) is 4.98. The number of hydrogen-bond acceptors (Lipinski definition) is 3. The molecule has 6 heteroatoms. The minimum absolute atomic E-state index is 0.0692. The van der Waals surface area contributed by atoms with Crippen LogP contribution in [0, 0.1) is 11.7 Å². The summed E-state index contributed by atoms with van der Waals surface area (Å²) in [5.74, 6) is 0.260. The molecular formula is C25H23FN4O. The fraction of sp³-hybridized carbons (Fsp3) is 0.240. The van der Waals surface area contributed by atoms with Gasteiger partial charge in [-0.15, -0.1) is 0 Å². The van der Waals surface area contributed by atoms with Gasteiger partial charge in [0, 0.05) is 30.3 Å². The topological polar surface area (TPSA) is 50.5 Å². The summed E-state index contributed by atoms with van der Waals surface area (Å²) in [6, 6.07) is 19.7. The molecule has 1 aliphatic rings. The number of hydrogen-bond donors (Lipinski definition) is 0. The van der Waals surface area contributed by atoms with Crippen molar-refractivity contribution in [3.63, 3.8) is 0 Å². The van der Waals surface area contributed by atoms with E-state index in [-0.39, 0.29) is 11.7 Å². The van der Waals surface area contributed by atoms with Gasteiger partial charge in [0.2, 0.25) is 0 Å². The molecule has 1 saturated heterocycles. The SMILES string of the molecule is CC1CCN(C(=O)c2cc(-c3ccc(F)cc3)n3nc(-c4ccccc4)cc3n2)CC1. The van der Waals surface area contributed by atoms with Gasteiger partial charge in [-0.1, -0.05) is 37.3 Å². The average molecular weight is 414 g/mol. The second-order valence-corrected chi connectivity index (χ2v) is 8.17. The molecule has 0 aliphatic carbocycles. The minimum atomic E-state index is -0.307. The Labute approximate surface area is 180 Å². The van der Waals surface area contributed by atoms with Crippen molar-refractivity contribution in [3.8, 4) is 22.5 Å². The molecule has 156 valence electrons. The van der Waals surface area contributed by atoms with E-state index < -0.39 is 0 Å². The number of rotatable bonds is 3. The van der Waals surface area contributed by atoms with Crippen LogP contribution in [0.25, 0.3) is 28.2 Å². The van der Waals surface area contributed by atoms with E-state index in [2.05, 4.69) is 11.9 Å². The number of carbonyl (C=O) groups is 1. The fourth-order valence-corrected chi connectivity index (χ4v) is 4.03. The van der Waals surface area contributed by atoms with Gasteiger partial charge >= 0.3 is 0 Å². The maximum absolute atomic E-state index is 13.5. The zero-order valence-electron chi connectivity index (χ0n) is 17.3. The number of nitrogens with zero attached hydrogens (tertiary/aromatic N) is 4. The van der Waals surface area contributed by atoms with Crippen LogP contribution in [0.4, 0.5) is 4.39 Å². The minimum Gasteiger partial charge on any atom is -0.337 e. The third kappa shape index (κ3) is 3.81. The highest BCUT2D eigenvalue weighted by Crippen LogP contribution is 2.26. The largest absolute Gasteiger partial charge is 0.337 e. The van der Waals surface area contributed by atoms with E-state index in [9.17, 15) is 9.18 Å². The standard InChI is InChI=1S/C25H23FN4O/c1-17-11-13-29(14-12-17)25(31)22-15-23(19-7-9-20(26)10-8-19)30-24(27-22)16-21(28-30)18-5-3-2-4-6-18/h2-10,15-17H,11-14H2,1H3. The molecule has 0 unspecified atom stereocenters. The highest BCUT2D eigenvalue weighted by atomic mass is 19.1. The maximum Gasteiger partial charge on any atom is 0.272 e. The third-order valence-corrected chi connectivity index (χ3v) is 5.93. The van der Waals surface area contributed by atoms with Crippen molar-refractivity contribution in [3.05, 3.63) is 78.2 Å². The normalized spacial score (nSPS) is 14.8. The van der Waals surface area contributed by atoms with E-state index in [0.29, 0.717) is 23.0 Å². The number of benzene rings is 2. The lowest BCUT2D eigenvalue weighted by molar-refractivity contribution is 0.0691. The number of fused-ring (bicyclic) bond motifs is 1. The van der Waals surface area contributed by atoms with Crippen LogP contribution in [0.3, 0.4) is 0 Å². The van der Waals surface area contributed by atoms with Gasteiger partial charge in [0.15, 0.2) is 5.65 Å². The summed E-state index contributed by atoms with van der Waals surface area (Å²) in [5, 5.41) is 4.74. The molecular weight excluding hydrogens is 391 g/mol. The molecule has 5 nitrogen and oxygen atoms in total. The lowest BCUT2D eigenvalue weighted by atomic mass is 9.99. The van der Waals surface area contributed by atoms with Gasteiger partial charge in [-0.05, 0) is 49.1 Å². The number of amides is 1. The Hall–Kier alpha value is -3.54. The second kappa shape index (κ2) is 7.95. The Morgan fingerprint density at radius 2 is 1.68 bits per heavy atom. The van der Waals surface area contributed by atoms with Crippen molar-refractivity contribution in [1.82, 2.24) is 19.5 Å². The quantitative estimate of drug-likeness (QED) is 0.470. The van der Waals surface area contributed by atoms with E-state index in [1.807, 2.05) is 41.3 Å². The monoisotopic (exact) mass is 414 g/mol. The van der Waals surface area contributed by atoms with Crippen LogP contribution < -0.4 is 0 Å². The number of likely N-dealkylation sites (tertiary alicyclic amines) is 1. The molecule has 2 aromatic heterocycles. The summed E-state index contributed by atoms with van der Waals surface area (Å²) in [7, 11) is 0. The summed E-state index contributed by atoms with van der Waals surface area (Å²) < 4.78 is 15.3. The van der Waals surface area contributed by atoms with Crippen molar-refractivity contribution >= 4 is 11.6 Å². The zero-order valence-corrected chi connectivity index (χ0v) is 17.3. The number of halogens is 1. The molecule has 4 aromatic rings. The molecule has 31 heavy (non-hydrogen) atoms. The molecule has 3 heterocycles. The smallest absolute Gasteiger partial charge is 0.272 e. The lowest BCUT2D eigenvalue weighted by Gasteiger charge is -2.30. The molecule has 0 saturated carbocycles. The molecule has 1 amide bonds. The molecule has 5 rings (SSSR count). The fourth-order valence-electron chi connectivity index (χ4n) is 4.03. The summed E-state index contributed by atoms with van der Waals surface area (Å²) in [6.07, 6.45) is 2.01. The molecule has 1 aliphatic heterocycles. The molecule has 0 N–H and O–H groups in total. The Morgan fingerprint density at radius 1 is 0.968 bits per heavy atom. The molecule has 0 atom stereocenters. The van der Waals surface area contributed by atoms with E-state index in [4.69, 9.17) is 5.10 Å².